The summed E-state index contributed by atoms with van der Waals surface area (Å²) in [6.45, 7) is 5.65. The molecule has 1 saturated heterocycles. The number of ether oxygens (including phenoxy) is 2. The molecule has 1 aliphatic carbocycles. The Balaban J connectivity index is 2.22. The van der Waals surface area contributed by atoms with Crippen molar-refractivity contribution >= 4 is 5.71 Å². The fraction of sp³-hybridized carbons (Fsp3) is 0.500. The Morgan fingerprint density at radius 2 is 2.00 bits per heavy atom. The molecule has 17 heavy (non-hydrogen) atoms. The van der Waals surface area contributed by atoms with E-state index in [4.69, 9.17) is 9.47 Å². The van der Waals surface area contributed by atoms with Crippen LogP contribution in [-0.2, 0) is 9.47 Å². The fourth-order valence-electron chi connectivity index (χ4n) is 2.05. The van der Waals surface area contributed by atoms with Gasteiger partial charge in [0, 0.05) is 11.6 Å². The van der Waals surface area contributed by atoms with Gasteiger partial charge in [-0.05, 0) is 13.0 Å². The molecule has 1 aliphatic heterocycles. The molecule has 0 radical (unpaired) electrons. The van der Waals surface area contributed by atoms with Crippen molar-refractivity contribution in [2.45, 2.75) is 13.3 Å². The molecule has 3 nitrogen and oxygen atoms in total. The van der Waals surface area contributed by atoms with Gasteiger partial charge in [-0.2, -0.15) is 0 Å². The Labute approximate surface area is 103 Å². The number of allylic oxidation sites excluding steroid dienone is 6. The highest BCUT2D eigenvalue weighted by Gasteiger charge is 2.16. The van der Waals surface area contributed by atoms with Crippen molar-refractivity contribution in [2.75, 3.05) is 33.4 Å². The SMILES string of the molecule is CO/C(C)=C1/C=CCC(=[N+]2CCOCC2)C=C1. The second-order valence-electron chi connectivity index (χ2n) is 4.25. The summed E-state index contributed by atoms with van der Waals surface area (Å²) in [4.78, 5) is 0. The summed E-state index contributed by atoms with van der Waals surface area (Å²) in [7, 11) is 1.71. The second kappa shape index (κ2) is 5.82. The standard InChI is InChI=1S/C14H20NO2/c1-12(16-2)13-4-3-5-14(7-6-13)15-8-10-17-11-9-15/h3-4,6-7H,5,8-11H2,1-2H3/q+1/b13-12-. The minimum Gasteiger partial charge on any atom is -0.501 e. The third-order valence-electron chi connectivity index (χ3n) is 3.21. The van der Waals surface area contributed by atoms with Crippen LogP contribution in [0.1, 0.15) is 13.3 Å². The average Bonchev–Trinajstić information content (AvgIpc) is 2.64. The third-order valence-corrected chi connectivity index (χ3v) is 3.21. The van der Waals surface area contributed by atoms with Gasteiger partial charge in [0.05, 0.1) is 19.3 Å². The first-order chi connectivity index (χ1) is 8.31. The van der Waals surface area contributed by atoms with E-state index in [1.165, 1.54) is 5.71 Å². The van der Waals surface area contributed by atoms with Crippen molar-refractivity contribution in [1.82, 2.24) is 0 Å². The molecule has 0 aromatic rings. The smallest absolute Gasteiger partial charge is 0.179 e. The molecule has 0 N–H and O–H groups in total. The van der Waals surface area contributed by atoms with Gasteiger partial charge in [-0.3, -0.25) is 0 Å². The molecule has 0 aromatic carbocycles. The summed E-state index contributed by atoms with van der Waals surface area (Å²) >= 11 is 0. The van der Waals surface area contributed by atoms with Crippen LogP contribution in [-0.4, -0.2) is 43.7 Å². The summed E-state index contributed by atoms with van der Waals surface area (Å²) in [6.07, 6.45) is 9.64. The highest BCUT2D eigenvalue weighted by molar-refractivity contribution is 5.93. The average molecular weight is 234 g/mol. The molecule has 0 spiro atoms. The zero-order valence-electron chi connectivity index (χ0n) is 10.6. The first-order valence-corrected chi connectivity index (χ1v) is 6.09. The van der Waals surface area contributed by atoms with E-state index in [2.05, 4.69) is 28.9 Å². The molecule has 2 rings (SSSR count). The second-order valence-corrected chi connectivity index (χ2v) is 4.25. The van der Waals surface area contributed by atoms with Crippen LogP contribution in [0, 0.1) is 0 Å². The highest BCUT2D eigenvalue weighted by atomic mass is 16.5. The Morgan fingerprint density at radius 1 is 1.24 bits per heavy atom. The largest absolute Gasteiger partial charge is 0.501 e. The molecule has 1 heterocycles. The predicted molar refractivity (Wildman–Crippen MR) is 68.4 cm³/mol. The number of rotatable bonds is 1. The molecule has 0 bridgehead atoms. The quantitative estimate of drug-likeness (QED) is 0.510. The molecule has 0 atom stereocenters. The Kier molecular flexibility index (Phi) is 4.15. The van der Waals surface area contributed by atoms with E-state index < -0.39 is 0 Å². The fourth-order valence-corrected chi connectivity index (χ4v) is 2.05. The maximum Gasteiger partial charge on any atom is 0.179 e. The monoisotopic (exact) mass is 234 g/mol. The lowest BCUT2D eigenvalue weighted by Crippen LogP contribution is -2.32. The molecule has 92 valence electrons. The minimum absolute atomic E-state index is 0.834. The van der Waals surface area contributed by atoms with Crippen LogP contribution < -0.4 is 0 Å². The van der Waals surface area contributed by atoms with Gasteiger partial charge in [0.2, 0.25) is 0 Å². The predicted octanol–water partition coefficient (Wildman–Crippen LogP) is 1.91. The lowest BCUT2D eigenvalue weighted by atomic mass is 10.2. The van der Waals surface area contributed by atoms with Gasteiger partial charge >= 0.3 is 0 Å². The molecular formula is C14H20NO2+. The number of hydrogen-bond acceptors (Lipinski definition) is 2. The zero-order valence-corrected chi connectivity index (χ0v) is 10.6. The first kappa shape index (κ1) is 12.1. The third kappa shape index (κ3) is 3.07. The van der Waals surface area contributed by atoms with E-state index in [0.29, 0.717) is 0 Å². The van der Waals surface area contributed by atoms with E-state index >= 15 is 0 Å². The van der Waals surface area contributed by atoms with Crippen molar-refractivity contribution in [3.63, 3.8) is 0 Å². The van der Waals surface area contributed by atoms with Crippen LogP contribution in [0.25, 0.3) is 0 Å². The molecule has 0 unspecified atom stereocenters. The normalized spacial score (nSPS) is 23.6. The van der Waals surface area contributed by atoms with Gasteiger partial charge in [-0.1, -0.05) is 12.2 Å². The molecule has 0 aromatic heterocycles. The molecule has 3 heteroatoms. The van der Waals surface area contributed by atoms with Crippen LogP contribution in [0.4, 0.5) is 0 Å². The number of morpholine rings is 1. The van der Waals surface area contributed by atoms with Gasteiger partial charge in [0.1, 0.15) is 13.2 Å². The summed E-state index contributed by atoms with van der Waals surface area (Å²) in [6, 6.07) is 0. The van der Waals surface area contributed by atoms with E-state index in [1.54, 1.807) is 7.11 Å². The summed E-state index contributed by atoms with van der Waals surface area (Å²) in [5, 5.41) is 0. The zero-order chi connectivity index (χ0) is 12.1. The lowest BCUT2D eigenvalue weighted by molar-refractivity contribution is -0.549. The summed E-state index contributed by atoms with van der Waals surface area (Å²) in [5.41, 5.74) is 2.51. The maximum absolute atomic E-state index is 5.37. The number of methoxy groups -OCH3 is 1. The van der Waals surface area contributed by atoms with Crippen molar-refractivity contribution in [3.05, 3.63) is 35.6 Å². The van der Waals surface area contributed by atoms with Gasteiger partial charge in [-0.25, -0.2) is 4.58 Å². The summed E-state index contributed by atoms with van der Waals surface area (Å²) in [5.74, 6) is 0.959. The maximum atomic E-state index is 5.37. The highest BCUT2D eigenvalue weighted by Crippen LogP contribution is 2.13. The van der Waals surface area contributed by atoms with Crippen molar-refractivity contribution in [2.24, 2.45) is 0 Å². The van der Waals surface area contributed by atoms with Crippen molar-refractivity contribution in [3.8, 4) is 0 Å². The van der Waals surface area contributed by atoms with E-state index in [9.17, 15) is 0 Å². The first-order valence-electron chi connectivity index (χ1n) is 6.09. The van der Waals surface area contributed by atoms with E-state index in [1.807, 2.05) is 6.92 Å². The topological polar surface area (TPSA) is 21.5 Å². The Bertz CT molecular complexity index is 394. The van der Waals surface area contributed by atoms with E-state index in [-0.39, 0.29) is 0 Å². The van der Waals surface area contributed by atoms with Crippen LogP contribution in [0.3, 0.4) is 0 Å². The van der Waals surface area contributed by atoms with Crippen LogP contribution in [0.2, 0.25) is 0 Å². The summed E-state index contributed by atoms with van der Waals surface area (Å²) < 4.78 is 13.0. The molecular weight excluding hydrogens is 214 g/mol. The molecule has 1 fully saturated rings. The van der Waals surface area contributed by atoms with Gasteiger partial charge in [0.25, 0.3) is 0 Å². The Hall–Kier alpha value is -1.35. The van der Waals surface area contributed by atoms with E-state index in [0.717, 1.165) is 44.1 Å². The van der Waals surface area contributed by atoms with Crippen LogP contribution >= 0.6 is 0 Å². The number of nitrogens with zero attached hydrogens (tertiary/aromatic N) is 1. The van der Waals surface area contributed by atoms with Gasteiger partial charge in [-0.15, -0.1) is 0 Å². The van der Waals surface area contributed by atoms with Gasteiger partial charge < -0.3 is 9.47 Å². The van der Waals surface area contributed by atoms with Crippen LogP contribution in [0.15, 0.2) is 35.6 Å². The molecule has 2 aliphatic rings. The van der Waals surface area contributed by atoms with Crippen molar-refractivity contribution in [1.29, 1.82) is 0 Å². The molecule has 0 amide bonds. The number of hydrogen-bond donors (Lipinski definition) is 0. The van der Waals surface area contributed by atoms with Crippen LogP contribution in [0.5, 0.6) is 0 Å². The Morgan fingerprint density at radius 3 is 2.71 bits per heavy atom. The van der Waals surface area contributed by atoms with Gasteiger partial charge in [0.15, 0.2) is 18.8 Å². The van der Waals surface area contributed by atoms with Crippen molar-refractivity contribution < 1.29 is 14.0 Å². The minimum atomic E-state index is 0.834. The molecule has 0 saturated carbocycles. The lowest BCUT2D eigenvalue weighted by Gasteiger charge is -2.12.